The fourth-order valence-corrected chi connectivity index (χ4v) is 1.13. The molecule has 0 amide bonds. The second-order valence-corrected chi connectivity index (χ2v) is 3.71. The van der Waals surface area contributed by atoms with Crippen LogP contribution in [-0.4, -0.2) is 11.1 Å². The molecule has 0 spiro atoms. The van der Waals surface area contributed by atoms with Gasteiger partial charge in [0.05, 0.1) is 3.58 Å². The molecule has 0 bridgehead atoms. The number of rotatable bonds is 3. The molecule has 3 heteroatoms. The second kappa shape index (κ2) is 5.01. The molecule has 0 unspecified atom stereocenters. The molecule has 1 aromatic rings. The Morgan fingerprint density at radius 3 is 2.54 bits per heavy atom. The third kappa shape index (κ3) is 3.59. The summed E-state index contributed by atoms with van der Waals surface area (Å²) in [5, 5.41) is 8.58. The molecule has 0 atom stereocenters. The molecule has 1 aromatic carbocycles. The van der Waals surface area contributed by atoms with Crippen molar-refractivity contribution in [1.29, 1.82) is 0 Å². The summed E-state index contributed by atoms with van der Waals surface area (Å²) in [6.07, 6.45) is 2.38. The highest BCUT2D eigenvalue weighted by Crippen LogP contribution is 2.08. The fraction of sp³-hybridized carbons (Fsp3) is 0.100. The summed E-state index contributed by atoms with van der Waals surface area (Å²) in [6, 6.07) is 9.77. The van der Waals surface area contributed by atoms with E-state index >= 15 is 0 Å². The Morgan fingerprint density at radius 1 is 1.38 bits per heavy atom. The zero-order valence-corrected chi connectivity index (χ0v) is 9.06. The van der Waals surface area contributed by atoms with Crippen molar-refractivity contribution in [3.05, 3.63) is 45.6 Å². The number of hydrogen-bond donors (Lipinski definition) is 1. The minimum atomic E-state index is -0.864. The Hall–Kier alpha value is -0.840. The van der Waals surface area contributed by atoms with Gasteiger partial charge in [-0.2, -0.15) is 0 Å². The number of carboxylic acid groups (broad SMARTS) is 1. The van der Waals surface area contributed by atoms with Crippen molar-refractivity contribution in [3.8, 4) is 0 Å². The molecular weight excluding hydrogens is 279 g/mol. The van der Waals surface area contributed by atoms with Gasteiger partial charge in [0.1, 0.15) is 0 Å². The standard InChI is InChI=1S/C10H9IO2/c11-9(10(12)13)7-6-8-4-2-1-3-5-8/h1-5,7H,6H2,(H,12,13)/b9-7-. The monoisotopic (exact) mass is 288 g/mol. The molecule has 0 aliphatic heterocycles. The van der Waals surface area contributed by atoms with Crippen LogP contribution < -0.4 is 0 Å². The molecule has 0 aromatic heterocycles. The molecule has 68 valence electrons. The van der Waals surface area contributed by atoms with Crippen LogP contribution in [0.3, 0.4) is 0 Å². The van der Waals surface area contributed by atoms with Crippen LogP contribution in [0.5, 0.6) is 0 Å². The summed E-state index contributed by atoms with van der Waals surface area (Å²) < 4.78 is 0.362. The maximum atomic E-state index is 10.4. The van der Waals surface area contributed by atoms with Gasteiger partial charge in [-0.05, 0) is 34.6 Å². The van der Waals surface area contributed by atoms with E-state index in [4.69, 9.17) is 5.11 Å². The molecule has 1 N–H and O–H groups in total. The van der Waals surface area contributed by atoms with Crippen molar-refractivity contribution >= 4 is 28.6 Å². The number of hydrogen-bond acceptors (Lipinski definition) is 1. The lowest BCUT2D eigenvalue weighted by Crippen LogP contribution is -1.93. The first kappa shape index (κ1) is 10.2. The van der Waals surface area contributed by atoms with E-state index in [9.17, 15) is 4.79 Å². The summed E-state index contributed by atoms with van der Waals surface area (Å²) in [5.74, 6) is -0.864. The predicted octanol–water partition coefficient (Wildman–Crippen LogP) is 2.63. The van der Waals surface area contributed by atoms with Gasteiger partial charge in [0, 0.05) is 0 Å². The lowest BCUT2D eigenvalue weighted by atomic mass is 10.1. The van der Waals surface area contributed by atoms with E-state index in [0.29, 0.717) is 10.0 Å². The van der Waals surface area contributed by atoms with Crippen molar-refractivity contribution in [2.75, 3.05) is 0 Å². The van der Waals surface area contributed by atoms with Crippen LogP contribution in [0.15, 0.2) is 40.0 Å². The van der Waals surface area contributed by atoms with Crippen LogP contribution in [-0.2, 0) is 11.2 Å². The highest BCUT2D eigenvalue weighted by Gasteiger charge is 2.00. The molecule has 0 aliphatic carbocycles. The van der Waals surface area contributed by atoms with Gasteiger partial charge >= 0.3 is 5.97 Å². The van der Waals surface area contributed by atoms with Crippen LogP contribution in [0.25, 0.3) is 0 Å². The van der Waals surface area contributed by atoms with Crippen molar-refractivity contribution in [1.82, 2.24) is 0 Å². The van der Waals surface area contributed by atoms with E-state index in [1.807, 2.05) is 52.9 Å². The number of carboxylic acids is 1. The third-order valence-corrected chi connectivity index (χ3v) is 2.47. The zero-order valence-electron chi connectivity index (χ0n) is 6.90. The largest absolute Gasteiger partial charge is 0.477 e. The normalized spacial score (nSPS) is 11.3. The van der Waals surface area contributed by atoms with Crippen LogP contribution in [0, 0.1) is 0 Å². The van der Waals surface area contributed by atoms with Crippen LogP contribution in [0.2, 0.25) is 0 Å². The van der Waals surface area contributed by atoms with Crippen LogP contribution >= 0.6 is 22.6 Å². The average Bonchev–Trinajstić information content (AvgIpc) is 2.15. The number of halogens is 1. The highest BCUT2D eigenvalue weighted by atomic mass is 127. The minimum Gasteiger partial charge on any atom is -0.477 e. The lowest BCUT2D eigenvalue weighted by molar-refractivity contribution is -0.131. The lowest BCUT2D eigenvalue weighted by Gasteiger charge is -1.94. The molecule has 0 fully saturated rings. The van der Waals surface area contributed by atoms with Gasteiger partial charge in [0.2, 0.25) is 0 Å². The molecule has 0 radical (unpaired) electrons. The first-order valence-electron chi connectivity index (χ1n) is 3.83. The minimum absolute atomic E-state index is 0.362. The SMILES string of the molecule is O=C(O)/C(I)=C/Cc1ccccc1. The van der Waals surface area contributed by atoms with Crippen molar-refractivity contribution in [2.45, 2.75) is 6.42 Å². The van der Waals surface area contributed by atoms with E-state index < -0.39 is 5.97 Å². The Labute approximate surface area is 90.4 Å². The fourth-order valence-electron chi connectivity index (χ4n) is 0.909. The van der Waals surface area contributed by atoms with Gasteiger partial charge in [0.25, 0.3) is 0 Å². The van der Waals surface area contributed by atoms with Crippen molar-refractivity contribution in [3.63, 3.8) is 0 Å². The first-order valence-corrected chi connectivity index (χ1v) is 4.91. The first-order chi connectivity index (χ1) is 6.20. The maximum absolute atomic E-state index is 10.4. The smallest absolute Gasteiger partial charge is 0.341 e. The Balaban J connectivity index is 2.62. The van der Waals surface area contributed by atoms with Crippen molar-refractivity contribution in [2.24, 2.45) is 0 Å². The Morgan fingerprint density at radius 2 is 2.00 bits per heavy atom. The summed E-state index contributed by atoms with van der Waals surface area (Å²) in [6.45, 7) is 0. The van der Waals surface area contributed by atoms with Crippen LogP contribution in [0.4, 0.5) is 0 Å². The summed E-state index contributed by atoms with van der Waals surface area (Å²) in [4.78, 5) is 10.4. The van der Waals surface area contributed by atoms with Gasteiger partial charge in [-0.1, -0.05) is 36.4 Å². The zero-order chi connectivity index (χ0) is 9.68. The topological polar surface area (TPSA) is 37.3 Å². The number of benzene rings is 1. The molecule has 0 aliphatic rings. The van der Waals surface area contributed by atoms with E-state index in [2.05, 4.69) is 0 Å². The quantitative estimate of drug-likeness (QED) is 0.685. The maximum Gasteiger partial charge on any atom is 0.341 e. The average molecular weight is 288 g/mol. The number of allylic oxidation sites excluding steroid dienone is 1. The van der Waals surface area contributed by atoms with E-state index in [-0.39, 0.29) is 0 Å². The molecule has 2 nitrogen and oxygen atoms in total. The van der Waals surface area contributed by atoms with Gasteiger partial charge in [-0.25, -0.2) is 4.79 Å². The van der Waals surface area contributed by atoms with Gasteiger partial charge in [-0.3, -0.25) is 0 Å². The van der Waals surface area contributed by atoms with E-state index in [0.717, 1.165) is 5.56 Å². The van der Waals surface area contributed by atoms with E-state index in [1.54, 1.807) is 6.08 Å². The predicted molar refractivity (Wildman–Crippen MR) is 59.9 cm³/mol. The molecule has 0 saturated carbocycles. The van der Waals surface area contributed by atoms with Crippen LogP contribution in [0.1, 0.15) is 5.56 Å². The summed E-state index contributed by atoms with van der Waals surface area (Å²) in [5.41, 5.74) is 1.12. The van der Waals surface area contributed by atoms with Gasteiger partial charge < -0.3 is 5.11 Å². The summed E-state index contributed by atoms with van der Waals surface area (Å²) >= 11 is 1.82. The van der Waals surface area contributed by atoms with Gasteiger partial charge in [0.15, 0.2) is 0 Å². The van der Waals surface area contributed by atoms with Gasteiger partial charge in [-0.15, -0.1) is 0 Å². The summed E-state index contributed by atoms with van der Waals surface area (Å²) in [7, 11) is 0. The number of carbonyl (C=O) groups is 1. The highest BCUT2D eigenvalue weighted by molar-refractivity contribution is 14.1. The molecule has 1 rings (SSSR count). The third-order valence-electron chi connectivity index (χ3n) is 1.56. The molecule has 13 heavy (non-hydrogen) atoms. The second-order valence-electron chi connectivity index (χ2n) is 2.55. The number of aliphatic carboxylic acids is 1. The molecule has 0 saturated heterocycles. The molecule has 0 heterocycles. The van der Waals surface area contributed by atoms with E-state index in [1.165, 1.54) is 0 Å². The Kier molecular flexibility index (Phi) is 3.95. The van der Waals surface area contributed by atoms with Crippen molar-refractivity contribution < 1.29 is 9.90 Å². The Bertz CT molecular complexity index is 317. The molecular formula is C10H9IO2.